The van der Waals surface area contributed by atoms with Gasteiger partial charge in [0.2, 0.25) is 5.13 Å². The lowest BCUT2D eigenvalue weighted by Crippen LogP contribution is -2.48. The number of aromatic nitrogens is 2. The fraction of sp³-hybridized carbons (Fsp3) is 0.318. The smallest absolute Gasteiger partial charge is 0.269 e. The largest absolute Gasteiger partial charge is 0.476 e. The SMILES string of the molecule is Cc1ccc(S(=O)(=O)N2CC(C(=O)Nc3nnc(SC(C)C)s3)Oc3cc(C)ccc32)cc1. The molecule has 3 aromatic rings. The van der Waals surface area contributed by atoms with Crippen LogP contribution >= 0.6 is 23.1 Å². The molecule has 1 aliphatic rings. The second-order valence-electron chi connectivity index (χ2n) is 7.96. The highest BCUT2D eigenvalue weighted by atomic mass is 32.2. The highest BCUT2D eigenvalue weighted by Gasteiger charge is 2.38. The van der Waals surface area contributed by atoms with Gasteiger partial charge in [0, 0.05) is 5.25 Å². The van der Waals surface area contributed by atoms with Crippen LogP contribution in [0.2, 0.25) is 0 Å². The molecule has 33 heavy (non-hydrogen) atoms. The number of carbonyl (C=O) groups is 1. The van der Waals surface area contributed by atoms with Crippen molar-refractivity contribution in [2.24, 2.45) is 0 Å². The van der Waals surface area contributed by atoms with Gasteiger partial charge in [0.25, 0.3) is 15.9 Å². The van der Waals surface area contributed by atoms with Gasteiger partial charge in [-0.05, 0) is 43.7 Å². The monoisotopic (exact) mass is 504 g/mol. The maximum absolute atomic E-state index is 13.5. The number of hydrogen-bond acceptors (Lipinski definition) is 8. The average molecular weight is 505 g/mol. The quantitative estimate of drug-likeness (QED) is 0.395. The molecular weight excluding hydrogens is 480 g/mol. The lowest BCUT2D eigenvalue weighted by atomic mass is 10.1. The zero-order chi connectivity index (χ0) is 23.8. The topological polar surface area (TPSA) is 101 Å². The summed E-state index contributed by atoms with van der Waals surface area (Å²) in [7, 11) is -3.91. The molecule has 0 spiro atoms. The zero-order valence-electron chi connectivity index (χ0n) is 18.6. The Labute approximate surface area is 201 Å². The molecular formula is C22H24N4O4S3. The first-order valence-electron chi connectivity index (χ1n) is 10.3. The number of nitrogens with zero attached hydrogens (tertiary/aromatic N) is 3. The van der Waals surface area contributed by atoms with Crippen molar-refractivity contribution in [1.82, 2.24) is 10.2 Å². The lowest BCUT2D eigenvalue weighted by Gasteiger charge is -2.34. The summed E-state index contributed by atoms with van der Waals surface area (Å²) in [6, 6.07) is 11.9. The van der Waals surface area contributed by atoms with E-state index < -0.39 is 22.0 Å². The molecule has 0 fully saturated rings. The summed E-state index contributed by atoms with van der Waals surface area (Å²) in [5, 5.41) is 11.5. The summed E-state index contributed by atoms with van der Waals surface area (Å²) in [5.74, 6) is -0.145. The van der Waals surface area contributed by atoms with Crippen LogP contribution in [0.1, 0.15) is 25.0 Å². The molecule has 0 aliphatic carbocycles. The predicted molar refractivity (Wildman–Crippen MR) is 131 cm³/mol. The third-order valence-corrected chi connectivity index (χ3v) is 8.58. The number of fused-ring (bicyclic) bond motifs is 1. The number of sulfonamides is 1. The molecule has 4 rings (SSSR count). The minimum Gasteiger partial charge on any atom is -0.476 e. The number of amides is 1. The van der Waals surface area contributed by atoms with E-state index in [0.717, 1.165) is 15.5 Å². The summed E-state index contributed by atoms with van der Waals surface area (Å²) >= 11 is 2.82. The number of benzene rings is 2. The van der Waals surface area contributed by atoms with Crippen LogP contribution in [0.4, 0.5) is 10.8 Å². The van der Waals surface area contributed by atoms with Crippen LogP contribution in [0, 0.1) is 13.8 Å². The number of aryl methyl sites for hydroxylation is 2. The predicted octanol–water partition coefficient (Wildman–Crippen LogP) is 4.25. The first-order valence-corrected chi connectivity index (χ1v) is 13.4. The van der Waals surface area contributed by atoms with Gasteiger partial charge in [-0.3, -0.25) is 14.4 Å². The van der Waals surface area contributed by atoms with Gasteiger partial charge < -0.3 is 4.74 Å². The normalized spacial score (nSPS) is 15.8. The van der Waals surface area contributed by atoms with E-state index in [1.165, 1.54) is 15.6 Å². The molecule has 1 aliphatic heterocycles. The Morgan fingerprint density at radius 3 is 2.55 bits per heavy atom. The van der Waals surface area contributed by atoms with Crippen molar-refractivity contribution < 1.29 is 17.9 Å². The summed E-state index contributed by atoms with van der Waals surface area (Å²) in [6.07, 6.45) is -1.05. The van der Waals surface area contributed by atoms with E-state index in [-0.39, 0.29) is 11.4 Å². The van der Waals surface area contributed by atoms with Gasteiger partial charge in [-0.15, -0.1) is 10.2 Å². The molecule has 0 saturated carbocycles. The van der Waals surface area contributed by atoms with Gasteiger partial charge in [-0.2, -0.15) is 0 Å². The molecule has 0 radical (unpaired) electrons. The van der Waals surface area contributed by atoms with Crippen LogP contribution in [0.15, 0.2) is 51.7 Å². The average Bonchev–Trinajstić information content (AvgIpc) is 3.18. The van der Waals surface area contributed by atoms with Crippen LogP contribution in [0.25, 0.3) is 0 Å². The fourth-order valence-electron chi connectivity index (χ4n) is 3.26. The highest BCUT2D eigenvalue weighted by Crippen LogP contribution is 2.38. The first kappa shape index (κ1) is 23.5. The van der Waals surface area contributed by atoms with Crippen molar-refractivity contribution in [3.05, 3.63) is 53.6 Å². The minimum absolute atomic E-state index is 0.153. The van der Waals surface area contributed by atoms with Crippen LogP contribution in [0.3, 0.4) is 0 Å². The van der Waals surface area contributed by atoms with Crippen LogP contribution in [-0.4, -0.2) is 42.4 Å². The van der Waals surface area contributed by atoms with Crippen molar-refractivity contribution in [2.45, 2.75) is 48.3 Å². The third kappa shape index (κ3) is 5.15. The van der Waals surface area contributed by atoms with Gasteiger partial charge in [0.15, 0.2) is 10.4 Å². The van der Waals surface area contributed by atoms with Crippen molar-refractivity contribution in [1.29, 1.82) is 0 Å². The standard InChI is InChI=1S/C22H24N4O4S3/c1-13(2)31-22-25-24-21(32-22)23-20(27)19-12-26(17-10-7-15(4)11-18(17)30-19)33(28,29)16-8-5-14(3)6-9-16/h5-11,13,19H,12H2,1-4H3,(H,23,24,27). The van der Waals surface area contributed by atoms with Crippen molar-refractivity contribution >= 4 is 49.8 Å². The maximum atomic E-state index is 13.5. The number of carbonyl (C=O) groups excluding carboxylic acids is 1. The second-order valence-corrected chi connectivity index (χ2v) is 12.6. The molecule has 1 aromatic heterocycles. The Balaban J connectivity index is 1.63. The Morgan fingerprint density at radius 2 is 1.85 bits per heavy atom. The third-order valence-electron chi connectivity index (χ3n) is 4.86. The number of nitrogens with one attached hydrogen (secondary N) is 1. The van der Waals surface area contributed by atoms with E-state index in [1.54, 1.807) is 48.2 Å². The Morgan fingerprint density at radius 1 is 1.15 bits per heavy atom. The highest BCUT2D eigenvalue weighted by molar-refractivity contribution is 8.01. The van der Waals surface area contributed by atoms with E-state index in [4.69, 9.17) is 4.74 Å². The van der Waals surface area contributed by atoms with Crippen LogP contribution < -0.4 is 14.4 Å². The first-order chi connectivity index (χ1) is 15.6. The van der Waals surface area contributed by atoms with Crippen LogP contribution in [-0.2, 0) is 14.8 Å². The van der Waals surface area contributed by atoms with E-state index in [2.05, 4.69) is 15.5 Å². The van der Waals surface area contributed by atoms with Gasteiger partial charge in [-0.1, -0.05) is 60.7 Å². The maximum Gasteiger partial charge on any atom is 0.269 e. The molecule has 0 bridgehead atoms. The summed E-state index contributed by atoms with van der Waals surface area (Å²) in [6.45, 7) is 7.69. The van der Waals surface area contributed by atoms with E-state index in [9.17, 15) is 13.2 Å². The lowest BCUT2D eigenvalue weighted by molar-refractivity contribution is -0.122. The number of thioether (sulfide) groups is 1. The Kier molecular flexibility index (Phi) is 6.64. The Bertz CT molecular complexity index is 1270. The van der Waals surface area contributed by atoms with E-state index >= 15 is 0 Å². The van der Waals surface area contributed by atoms with Gasteiger partial charge in [0.1, 0.15) is 5.75 Å². The second kappa shape index (κ2) is 9.32. The summed E-state index contributed by atoms with van der Waals surface area (Å²) < 4.78 is 34.9. The Hall–Kier alpha value is -2.63. The number of hydrogen-bond donors (Lipinski definition) is 1. The molecule has 1 amide bonds. The van der Waals surface area contributed by atoms with E-state index in [1.807, 2.05) is 33.8 Å². The zero-order valence-corrected chi connectivity index (χ0v) is 21.1. The molecule has 1 N–H and O–H groups in total. The number of anilines is 2. The molecule has 2 aromatic carbocycles. The minimum atomic E-state index is -3.91. The molecule has 8 nitrogen and oxygen atoms in total. The molecule has 11 heteroatoms. The summed E-state index contributed by atoms with van der Waals surface area (Å²) in [5.41, 5.74) is 2.25. The molecule has 1 unspecified atom stereocenters. The number of rotatable bonds is 6. The molecule has 2 heterocycles. The van der Waals surface area contributed by atoms with Crippen molar-refractivity contribution in [3.8, 4) is 5.75 Å². The van der Waals surface area contributed by atoms with Crippen molar-refractivity contribution in [2.75, 3.05) is 16.2 Å². The molecule has 174 valence electrons. The van der Waals surface area contributed by atoms with Crippen LogP contribution in [0.5, 0.6) is 5.75 Å². The van der Waals surface area contributed by atoms with Gasteiger partial charge in [0.05, 0.1) is 17.1 Å². The van der Waals surface area contributed by atoms with Gasteiger partial charge >= 0.3 is 0 Å². The van der Waals surface area contributed by atoms with E-state index in [0.29, 0.717) is 21.8 Å². The fourth-order valence-corrected chi connectivity index (χ4v) is 6.71. The summed E-state index contributed by atoms with van der Waals surface area (Å²) in [4.78, 5) is 13.2. The van der Waals surface area contributed by atoms with Crippen molar-refractivity contribution in [3.63, 3.8) is 0 Å². The van der Waals surface area contributed by atoms with Gasteiger partial charge in [-0.25, -0.2) is 8.42 Å². The molecule has 1 atom stereocenters. The molecule has 0 saturated heterocycles. The number of ether oxygens (including phenoxy) is 1.